The lowest BCUT2D eigenvalue weighted by Gasteiger charge is -2.24. The molecule has 0 spiro atoms. The highest BCUT2D eigenvalue weighted by molar-refractivity contribution is 6.31. The second-order valence-corrected chi connectivity index (χ2v) is 6.57. The Morgan fingerprint density at radius 3 is 2.44 bits per heavy atom. The van der Waals surface area contributed by atoms with Gasteiger partial charge in [0, 0.05) is 23.9 Å². The number of amides is 1. The molecule has 0 saturated heterocycles. The highest BCUT2D eigenvalue weighted by atomic mass is 35.5. The Bertz CT molecular complexity index is 1000. The topological polar surface area (TPSA) is 55.4 Å². The average molecular weight is 382 g/mol. The molecule has 138 valence electrons. The lowest BCUT2D eigenvalue weighted by Crippen LogP contribution is -2.29. The first-order chi connectivity index (χ1) is 13.0. The largest absolute Gasteiger partial charge is 0.426 e. The maximum absolute atomic E-state index is 12.3. The minimum atomic E-state index is -0.549. The number of fused-ring (bicyclic) bond motifs is 1. The summed E-state index contributed by atoms with van der Waals surface area (Å²) in [5.74, 6) is -0.143. The van der Waals surface area contributed by atoms with Crippen molar-refractivity contribution in [3.8, 4) is 5.75 Å². The van der Waals surface area contributed by atoms with Crippen LogP contribution in [0.2, 0.25) is 5.02 Å². The lowest BCUT2D eigenvalue weighted by molar-refractivity contribution is -0.131. The van der Waals surface area contributed by atoms with E-state index in [1.54, 1.807) is 19.1 Å². The van der Waals surface area contributed by atoms with Gasteiger partial charge in [0.15, 0.2) is 0 Å². The molecule has 0 radical (unpaired) electrons. The van der Waals surface area contributed by atoms with Gasteiger partial charge in [-0.1, -0.05) is 67.1 Å². The van der Waals surface area contributed by atoms with Crippen molar-refractivity contribution in [1.82, 2.24) is 5.32 Å². The van der Waals surface area contributed by atoms with Crippen LogP contribution in [0.1, 0.15) is 37.4 Å². The predicted octanol–water partition coefficient (Wildman–Crippen LogP) is 5.03. The van der Waals surface area contributed by atoms with Crippen LogP contribution < -0.4 is 10.1 Å². The molecule has 0 bridgehead atoms. The normalized spacial score (nSPS) is 11.8. The highest BCUT2D eigenvalue weighted by Crippen LogP contribution is 2.38. The Morgan fingerprint density at radius 1 is 1.04 bits per heavy atom. The first-order valence-electron chi connectivity index (χ1n) is 8.75. The van der Waals surface area contributed by atoms with Crippen molar-refractivity contribution in [2.24, 2.45) is 0 Å². The summed E-state index contributed by atoms with van der Waals surface area (Å²) in [5.41, 5.74) is 1.45. The van der Waals surface area contributed by atoms with E-state index in [0.29, 0.717) is 22.8 Å². The van der Waals surface area contributed by atoms with Crippen molar-refractivity contribution in [1.29, 1.82) is 0 Å². The summed E-state index contributed by atoms with van der Waals surface area (Å²) in [6.07, 6.45) is 0.328. The molecule has 3 aromatic rings. The van der Waals surface area contributed by atoms with Gasteiger partial charge in [-0.3, -0.25) is 9.59 Å². The summed E-state index contributed by atoms with van der Waals surface area (Å²) in [5, 5.41) is 5.42. The van der Waals surface area contributed by atoms with Crippen LogP contribution in [0.25, 0.3) is 10.8 Å². The molecule has 27 heavy (non-hydrogen) atoms. The molecule has 0 unspecified atom stereocenters. The van der Waals surface area contributed by atoms with Crippen LogP contribution >= 0.6 is 11.6 Å². The van der Waals surface area contributed by atoms with Gasteiger partial charge in [0.25, 0.3) is 0 Å². The van der Waals surface area contributed by atoms with Crippen molar-refractivity contribution in [2.75, 3.05) is 0 Å². The smallest absolute Gasteiger partial charge is 0.308 e. The molecule has 1 atom stereocenters. The number of ether oxygens (including phenoxy) is 1. The van der Waals surface area contributed by atoms with Gasteiger partial charge in [-0.25, -0.2) is 0 Å². The molecule has 3 rings (SSSR count). The number of benzene rings is 3. The van der Waals surface area contributed by atoms with Crippen LogP contribution in [-0.4, -0.2) is 11.9 Å². The Hall–Kier alpha value is -2.85. The Kier molecular flexibility index (Phi) is 5.77. The maximum atomic E-state index is 12.3. The Labute approximate surface area is 163 Å². The lowest BCUT2D eigenvalue weighted by atomic mass is 9.92. The van der Waals surface area contributed by atoms with Gasteiger partial charge in [0.1, 0.15) is 5.75 Å². The molecule has 4 nitrogen and oxygen atoms in total. The molecule has 0 aliphatic rings. The standard InChI is InChI=1S/C22H20ClNO3/c1-3-20(26)24-22(17-10-6-7-11-18(17)23)21-16-9-5-4-8-15(16)12-13-19(21)27-14(2)25/h4-13,22H,3H2,1-2H3,(H,24,26)/t22-/m1/s1. The van der Waals surface area contributed by atoms with E-state index >= 15 is 0 Å². The molecule has 0 fully saturated rings. The van der Waals surface area contributed by atoms with Crippen LogP contribution in [0.5, 0.6) is 5.75 Å². The molecule has 3 aromatic carbocycles. The van der Waals surface area contributed by atoms with Crippen molar-refractivity contribution >= 4 is 34.2 Å². The third-order valence-electron chi connectivity index (χ3n) is 4.32. The van der Waals surface area contributed by atoms with Gasteiger partial charge in [0.2, 0.25) is 5.91 Å². The van der Waals surface area contributed by atoms with E-state index in [-0.39, 0.29) is 5.91 Å². The minimum Gasteiger partial charge on any atom is -0.426 e. The number of carbonyl (C=O) groups excluding carboxylic acids is 2. The summed E-state index contributed by atoms with van der Waals surface area (Å²) in [7, 11) is 0. The molecule has 0 heterocycles. The fourth-order valence-electron chi connectivity index (χ4n) is 3.09. The summed E-state index contributed by atoms with van der Waals surface area (Å²) in [6.45, 7) is 3.14. The number of hydrogen-bond acceptors (Lipinski definition) is 3. The Morgan fingerprint density at radius 2 is 1.74 bits per heavy atom. The van der Waals surface area contributed by atoms with E-state index in [1.165, 1.54) is 6.92 Å². The van der Waals surface area contributed by atoms with E-state index in [2.05, 4.69) is 5.32 Å². The monoisotopic (exact) mass is 381 g/mol. The van der Waals surface area contributed by atoms with E-state index in [9.17, 15) is 9.59 Å². The zero-order chi connectivity index (χ0) is 19.4. The average Bonchev–Trinajstić information content (AvgIpc) is 2.66. The number of rotatable bonds is 5. The second kappa shape index (κ2) is 8.23. The molecule has 0 aliphatic carbocycles. The fraction of sp³-hybridized carbons (Fsp3) is 0.182. The van der Waals surface area contributed by atoms with Gasteiger partial charge >= 0.3 is 5.97 Å². The quantitative estimate of drug-likeness (QED) is 0.498. The minimum absolute atomic E-state index is 0.123. The van der Waals surface area contributed by atoms with Crippen molar-refractivity contribution in [3.63, 3.8) is 0 Å². The number of nitrogens with one attached hydrogen (secondary N) is 1. The van der Waals surface area contributed by atoms with Crippen LogP contribution in [0.3, 0.4) is 0 Å². The fourth-order valence-corrected chi connectivity index (χ4v) is 3.34. The summed E-state index contributed by atoms with van der Waals surface area (Å²) in [4.78, 5) is 24.0. The maximum Gasteiger partial charge on any atom is 0.308 e. The van der Waals surface area contributed by atoms with E-state index in [1.807, 2.05) is 48.5 Å². The summed E-state index contributed by atoms with van der Waals surface area (Å²) in [6, 6.07) is 18.2. The molecular weight excluding hydrogens is 362 g/mol. The van der Waals surface area contributed by atoms with Gasteiger partial charge < -0.3 is 10.1 Å². The summed E-state index contributed by atoms with van der Waals surface area (Å²) < 4.78 is 5.48. The Balaban J connectivity index is 2.29. The number of esters is 1. The first kappa shape index (κ1) is 18.9. The number of carbonyl (C=O) groups is 2. The molecule has 0 aromatic heterocycles. The first-order valence-corrected chi connectivity index (χ1v) is 9.13. The molecule has 5 heteroatoms. The predicted molar refractivity (Wildman–Crippen MR) is 107 cm³/mol. The van der Waals surface area contributed by atoms with Gasteiger partial charge in [0.05, 0.1) is 6.04 Å². The SMILES string of the molecule is CCC(=O)N[C@H](c1ccccc1Cl)c1c(OC(C)=O)ccc2ccccc12. The van der Waals surface area contributed by atoms with Crippen LogP contribution in [0.15, 0.2) is 60.7 Å². The van der Waals surface area contributed by atoms with E-state index in [0.717, 1.165) is 16.3 Å². The van der Waals surface area contributed by atoms with Crippen molar-refractivity contribution < 1.29 is 14.3 Å². The second-order valence-electron chi connectivity index (χ2n) is 6.17. The number of hydrogen-bond donors (Lipinski definition) is 1. The van der Waals surface area contributed by atoms with Crippen molar-refractivity contribution in [3.05, 3.63) is 76.8 Å². The van der Waals surface area contributed by atoms with Crippen LogP contribution in [0, 0.1) is 0 Å². The summed E-state index contributed by atoms with van der Waals surface area (Å²) >= 11 is 6.45. The van der Waals surface area contributed by atoms with Crippen LogP contribution in [-0.2, 0) is 9.59 Å². The third-order valence-corrected chi connectivity index (χ3v) is 4.66. The molecule has 0 aliphatic heterocycles. The van der Waals surface area contributed by atoms with Gasteiger partial charge in [-0.05, 0) is 28.5 Å². The molecule has 0 saturated carbocycles. The molecule has 1 amide bonds. The van der Waals surface area contributed by atoms with Gasteiger partial charge in [-0.15, -0.1) is 0 Å². The van der Waals surface area contributed by atoms with E-state index in [4.69, 9.17) is 16.3 Å². The molecular formula is C22H20ClNO3. The highest BCUT2D eigenvalue weighted by Gasteiger charge is 2.25. The van der Waals surface area contributed by atoms with Crippen LogP contribution in [0.4, 0.5) is 0 Å². The van der Waals surface area contributed by atoms with E-state index < -0.39 is 12.0 Å². The van der Waals surface area contributed by atoms with Crippen molar-refractivity contribution in [2.45, 2.75) is 26.3 Å². The zero-order valence-electron chi connectivity index (χ0n) is 15.2. The van der Waals surface area contributed by atoms with Gasteiger partial charge in [-0.2, -0.15) is 0 Å². The number of halogens is 1. The molecule has 1 N–H and O–H groups in total. The third kappa shape index (κ3) is 4.12. The zero-order valence-corrected chi connectivity index (χ0v) is 15.9.